The highest BCUT2D eigenvalue weighted by molar-refractivity contribution is 6.10. The summed E-state index contributed by atoms with van der Waals surface area (Å²) < 4.78 is 6.93. The average molecular weight is 684 g/mol. The minimum absolute atomic E-state index is 0.797. The normalized spacial score (nSPS) is 11.7. The predicted molar refractivity (Wildman–Crippen MR) is 220 cm³/mol. The van der Waals surface area contributed by atoms with Crippen molar-refractivity contribution in [3.8, 4) is 39.8 Å². The van der Waals surface area contributed by atoms with Crippen LogP contribution in [0.1, 0.15) is 25.3 Å². The zero-order chi connectivity index (χ0) is 35.3. The van der Waals surface area contributed by atoms with Crippen molar-refractivity contribution in [3.63, 3.8) is 0 Å². The largest absolute Gasteiger partial charge is 0.309 e. The second kappa shape index (κ2) is 12.8. The van der Waals surface area contributed by atoms with Crippen LogP contribution in [-0.2, 0) is 6.42 Å². The van der Waals surface area contributed by atoms with E-state index in [9.17, 15) is 0 Å². The highest BCUT2D eigenvalue weighted by Gasteiger charge is 2.20. The van der Waals surface area contributed by atoms with Gasteiger partial charge in [0.25, 0.3) is 0 Å². The lowest BCUT2D eigenvalue weighted by Gasteiger charge is -2.14. The third kappa shape index (κ3) is 5.15. The first-order valence-electron chi connectivity index (χ1n) is 18.5. The number of benzene rings is 7. The minimum atomic E-state index is 0.797. The molecule has 0 aliphatic heterocycles. The molecule has 0 saturated carbocycles. The van der Waals surface area contributed by atoms with Crippen molar-refractivity contribution in [1.29, 1.82) is 0 Å². The molecule has 53 heavy (non-hydrogen) atoms. The molecule has 0 aliphatic carbocycles. The van der Waals surface area contributed by atoms with Gasteiger partial charge in [-0.3, -0.25) is 4.57 Å². The second-order valence-corrected chi connectivity index (χ2v) is 13.8. The molecular formula is C48H37N5. The first kappa shape index (κ1) is 31.1. The van der Waals surface area contributed by atoms with Crippen LogP contribution in [0.2, 0.25) is 0 Å². The molecule has 10 rings (SSSR count). The van der Waals surface area contributed by atoms with E-state index in [2.05, 4.69) is 190 Å². The van der Waals surface area contributed by atoms with Crippen molar-refractivity contribution in [2.75, 3.05) is 0 Å². The van der Waals surface area contributed by atoms with Crippen molar-refractivity contribution in [1.82, 2.24) is 23.9 Å². The summed E-state index contributed by atoms with van der Waals surface area (Å²) in [5, 5.41) is 14.9. The van der Waals surface area contributed by atoms with Gasteiger partial charge in [-0.1, -0.05) is 123 Å². The summed E-state index contributed by atoms with van der Waals surface area (Å²) in [5.41, 5.74) is 11.2. The first-order chi connectivity index (χ1) is 26.3. The van der Waals surface area contributed by atoms with E-state index in [1.54, 1.807) is 0 Å². The molecule has 0 unspecified atom stereocenters. The van der Waals surface area contributed by atoms with Gasteiger partial charge in [0.05, 0.1) is 22.1 Å². The molecule has 0 aliphatic rings. The van der Waals surface area contributed by atoms with Crippen LogP contribution >= 0.6 is 0 Å². The van der Waals surface area contributed by atoms with Crippen LogP contribution in [0, 0.1) is 0 Å². The van der Waals surface area contributed by atoms with E-state index < -0.39 is 0 Å². The average Bonchev–Trinajstić information content (AvgIpc) is 3.91. The third-order valence-electron chi connectivity index (χ3n) is 10.6. The van der Waals surface area contributed by atoms with E-state index in [0.29, 0.717) is 0 Å². The summed E-state index contributed by atoms with van der Waals surface area (Å²) in [4.78, 5) is 0. The number of hydrogen-bond acceptors (Lipinski definition) is 2. The van der Waals surface area contributed by atoms with Gasteiger partial charge in [-0.15, -0.1) is 10.2 Å². The van der Waals surface area contributed by atoms with Gasteiger partial charge < -0.3 is 9.13 Å². The maximum Gasteiger partial charge on any atom is 0.168 e. The molecule has 3 heterocycles. The zero-order valence-corrected chi connectivity index (χ0v) is 29.5. The first-order valence-corrected chi connectivity index (χ1v) is 18.5. The molecule has 0 amide bonds. The fourth-order valence-corrected chi connectivity index (χ4v) is 8.06. The van der Waals surface area contributed by atoms with Crippen LogP contribution in [-0.4, -0.2) is 23.9 Å². The molecule has 0 spiro atoms. The summed E-state index contributed by atoms with van der Waals surface area (Å²) >= 11 is 0. The third-order valence-corrected chi connectivity index (χ3v) is 10.6. The number of unbranched alkanes of at least 4 members (excludes halogenated alkanes) is 1. The highest BCUT2D eigenvalue weighted by Crippen LogP contribution is 2.36. The SMILES string of the molecule is CCCCc1ccc(-n2c(-c3cccc(-n4c5ccccc5c5ccccc54)c3)nnc2-c2cccc(-n3c4ccccc4c4ccccc43)c2)cc1. The lowest BCUT2D eigenvalue weighted by atomic mass is 10.1. The van der Waals surface area contributed by atoms with Crippen LogP contribution in [0.5, 0.6) is 0 Å². The number of fused-ring (bicyclic) bond motifs is 6. The molecule has 254 valence electrons. The summed E-state index contributed by atoms with van der Waals surface area (Å²) in [6.07, 6.45) is 3.42. The van der Waals surface area contributed by atoms with Gasteiger partial charge in [-0.2, -0.15) is 0 Å². The van der Waals surface area contributed by atoms with E-state index in [4.69, 9.17) is 10.2 Å². The van der Waals surface area contributed by atoms with Gasteiger partial charge >= 0.3 is 0 Å². The molecule has 0 radical (unpaired) electrons. The Kier molecular flexibility index (Phi) is 7.50. The van der Waals surface area contributed by atoms with Gasteiger partial charge in [0, 0.05) is 49.7 Å². The molecule has 10 aromatic rings. The molecule has 5 heteroatoms. The number of hydrogen-bond donors (Lipinski definition) is 0. The van der Waals surface area contributed by atoms with Crippen molar-refractivity contribution in [2.45, 2.75) is 26.2 Å². The van der Waals surface area contributed by atoms with Gasteiger partial charge in [0.2, 0.25) is 0 Å². The number of aromatic nitrogens is 5. The van der Waals surface area contributed by atoms with Crippen LogP contribution in [0.3, 0.4) is 0 Å². The van der Waals surface area contributed by atoms with Crippen LogP contribution in [0.15, 0.2) is 170 Å². The zero-order valence-electron chi connectivity index (χ0n) is 29.5. The van der Waals surface area contributed by atoms with Crippen LogP contribution < -0.4 is 0 Å². The van der Waals surface area contributed by atoms with E-state index >= 15 is 0 Å². The van der Waals surface area contributed by atoms with Gasteiger partial charge in [0.15, 0.2) is 11.6 Å². The molecule has 3 aromatic heterocycles. The maximum absolute atomic E-state index is 4.95. The number of rotatable bonds is 8. The monoisotopic (exact) mass is 683 g/mol. The van der Waals surface area contributed by atoms with E-state index in [1.165, 1.54) is 62.0 Å². The fraction of sp³-hybridized carbons (Fsp3) is 0.0833. The molecule has 0 atom stereocenters. The van der Waals surface area contributed by atoms with Gasteiger partial charge in [-0.05, 0) is 79.1 Å². The highest BCUT2D eigenvalue weighted by atomic mass is 15.3. The Morgan fingerprint density at radius 3 is 1.23 bits per heavy atom. The Morgan fingerprint density at radius 2 is 0.811 bits per heavy atom. The Hall–Kier alpha value is -6.72. The van der Waals surface area contributed by atoms with Crippen molar-refractivity contribution in [2.24, 2.45) is 0 Å². The van der Waals surface area contributed by atoms with E-state index in [0.717, 1.165) is 46.3 Å². The summed E-state index contributed by atoms with van der Waals surface area (Å²) in [6.45, 7) is 2.24. The summed E-state index contributed by atoms with van der Waals surface area (Å²) in [6, 6.07) is 60.9. The molecule has 0 N–H and O–H groups in total. The number of nitrogens with zero attached hydrogens (tertiary/aromatic N) is 5. The second-order valence-electron chi connectivity index (χ2n) is 13.8. The number of para-hydroxylation sites is 4. The van der Waals surface area contributed by atoms with Crippen molar-refractivity contribution in [3.05, 3.63) is 175 Å². The molecule has 0 saturated heterocycles. The van der Waals surface area contributed by atoms with Crippen molar-refractivity contribution >= 4 is 43.6 Å². The van der Waals surface area contributed by atoms with E-state index in [-0.39, 0.29) is 0 Å². The summed E-state index contributed by atoms with van der Waals surface area (Å²) in [5.74, 6) is 1.59. The predicted octanol–water partition coefficient (Wildman–Crippen LogP) is 12.1. The topological polar surface area (TPSA) is 40.6 Å². The minimum Gasteiger partial charge on any atom is -0.309 e. The lowest BCUT2D eigenvalue weighted by Crippen LogP contribution is -2.02. The smallest absolute Gasteiger partial charge is 0.168 e. The van der Waals surface area contributed by atoms with Crippen LogP contribution in [0.25, 0.3) is 83.4 Å². The van der Waals surface area contributed by atoms with Gasteiger partial charge in [0.1, 0.15) is 0 Å². The Bertz CT molecular complexity index is 2660. The molecule has 0 bridgehead atoms. The Morgan fingerprint density at radius 1 is 0.396 bits per heavy atom. The summed E-state index contributed by atoms with van der Waals surface area (Å²) in [7, 11) is 0. The lowest BCUT2D eigenvalue weighted by molar-refractivity contribution is 0.795. The molecule has 0 fully saturated rings. The number of aryl methyl sites for hydroxylation is 1. The molecular weight excluding hydrogens is 647 g/mol. The maximum atomic E-state index is 4.95. The fourth-order valence-electron chi connectivity index (χ4n) is 8.06. The molecule has 5 nitrogen and oxygen atoms in total. The standard InChI is InChI=1S/C48H37N5/c1-2-3-14-33-27-29-36(30-28-33)53-47(34-15-12-17-37(31-34)51-43-23-8-4-19-39(43)40-20-5-9-24-44(40)51)49-50-48(53)35-16-13-18-38(32-35)52-45-25-10-6-21-41(45)42-22-7-11-26-46(42)52/h4-13,15-32H,2-3,14H2,1H3. The Balaban J connectivity index is 1.15. The van der Waals surface area contributed by atoms with Gasteiger partial charge in [-0.25, -0.2) is 0 Å². The van der Waals surface area contributed by atoms with Crippen molar-refractivity contribution < 1.29 is 0 Å². The quantitative estimate of drug-likeness (QED) is 0.160. The molecule has 7 aromatic carbocycles. The Labute approximate surface area is 308 Å². The van der Waals surface area contributed by atoms with E-state index in [1.807, 2.05) is 0 Å². The van der Waals surface area contributed by atoms with Crippen LogP contribution in [0.4, 0.5) is 0 Å².